The Balaban J connectivity index is 2.23. The van der Waals surface area contributed by atoms with Gasteiger partial charge in [0.1, 0.15) is 10.1 Å². The third-order valence-corrected chi connectivity index (χ3v) is 4.17. The predicted molar refractivity (Wildman–Crippen MR) is 73.0 cm³/mol. The molecule has 0 aliphatic rings. The van der Waals surface area contributed by atoms with Crippen molar-refractivity contribution in [3.05, 3.63) is 44.6 Å². The Bertz CT molecular complexity index is 505. The quantitative estimate of drug-likeness (QED) is 0.748. The minimum absolute atomic E-state index is 0.632. The molecule has 82 valence electrons. The SMILES string of the molecule is Clc1ccc(Sc2ncc(Br)cc2Br)nc1. The number of aromatic nitrogens is 2. The normalized spacial score (nSPS) is 10.4. The van der Waals surface area contributed by atoms with Gasteiger partial charge in [-0.3, -0.25) is 0 Å². The minimum Gasteiger partial charge on any atom is -0.248 e. The van der Waals surface area contributed by atoms with E-state index in [0.717, 1.165) is 19.0 Å². The zero-order chi connectivity index (χ0) is 11.5. The van der Waals surface area contributed by atoms with E-state index in [9.17, 15) is 0 Å². The van der Waals surface area contributed by atoms with Gasteiger partial charge in [-0.25, -0.2) is 9.97 Å². The Hall–Kier alpha value is -0.100. The first-order chi connectivity index (χ1) is 7.65. The fraction of sp³-hybridized carbons (Fsp3) is 0. The molecule has 0 aliphatic carbocycles. The molecule has 6 heteroatoms. The van der Waals surface area contributed by atoms with Crippen LogP contribution in [0.3, 0.4) is 0 Å². The molecule has 0 bridgehead atoms. The maximum atomic E-state index is 5.76. The third-order valence-electron chi connectivity index (χ3n) is 1.68. The number of rotatable bonds is 2. The fourth-order valence-electron chi connectivity index (χ4n) is 0.999. The van der Waals surface area contributed by atoms with Crippen molar-refractivity contribution in [2.45, 2.75) is 10.1 Å². The molecular formula is C10H5Br2ClN2S. The van der Waals surface area contributed by atoms with Crippen molar-refractivity contribution in [2.24, 2.45) is 0 Å². The second-order valence-electron chi connectivity index (χ2n) is 2.86. The smallest absolute Gasteiger partial charge is 0.116 e. The molecule has 0 spiro atoms. The van der Waals surface area contributed by atoms with Gasteiger partial charge in [0.2, 0.25) is 0 Å². The Labute approximate surface area is 119 Å². The van der Waals surface area contributed by atoms with Crippen LogP contribution in [-0.4, -0.2) is 9.97 Å². The van der Waals surface area contributed by atoms with E-state index in [1.807, 2.05) is 18.2 Å². The average molecular weight is 380 g/mol. The van der Waals surface area contributed by atoms with Crippen molar-refractivity contribution in [1.29, 1.82) is 0 Å². The fourth-order valence-corrected chi connectivity index (χ4v) is 3.04. The second-order valence-corrected chi connectivity index (χ2v) is 6.07. The summed E-state index contributed by atoms with van der Waals surface area (Å²) in [6.45, 7) is 0. The van der Waals surface area contributed by atoms with Crippen molar-refractivity contribution in [1.82, 2.24) is 9.97 Å². The van der Waals surface area contributed by atoms with Crippen LogP contribution in [0.25, 0.3) is 0 Å². The molecule has 0 aliphatic heterocycles. The van der Waals surface area contributed by atoms with Crippen LogP contribution >= 0.6 is 55.2 Å². The van der Waals surface area contributed by atoms with Gasteiger partial charge in [0, 0.05) is 16.9 Å². The summed E-state index contributed by atoms with van der Waals surface area (Å²) in [5, 5.41) is 2.37. The summed E-state index contributed by atoms with van der Waals surface area (Å²) in [5.41, 5.74) is 0. The zero-order valence-electron chi connectivity index (χ0n) is 7.82. The highest BCUT2D eigenvalue weighted by Crippen LogP contribution is 2.32. The lowest BCUT2D eigenvalue weighted by molar-refractivity contribution is 1.07. The standard InChI is InChI=1S/C10H5Br2ClN2S/c11-6-3-8(12)10(15-4-6)16-9-2-1-7(13)5-14-9/h1-5H. The molecule has 0 atom stereocenters. The van der Waals surface area contributed by atoms with Crippen LogP contribution in [0.4, 0.5) is 0 Å². The third kappa shape index (κ3) is 3.20. The summed E-state index contributed by atoms with van der Waals surface area (Å²) < 4.78 is 1.87. The molecule has 0 N–H and O–H groups in total. The van der Waals surface area contributed by atoms with E-state index in [0.29, 0.717) is 5.02 Å². The van der Waals surface area contributed by atoms with Crippen LogP contribution in [0.5, 0.6) is 0 Å². The first kappa shape index (κ1) is 12.4. The van der Waals surface area contributed by atoms with Gasteiger partial charge >= 0.3 is 0 Å². The van der Waals surface area contributed by atoms with Crippen LogP contribution in [0.1, 0.15) is 0 Å². The number of halogens is 3. The molecule has 2 aromatic heterocycles. The Morgan fingerprint density at radius 1 is 1.12 bits per heavy atom. The molecule has 2 nitrogen and oxygen atoms in total. The highest BCUT2D eigenvalue weighted by atomic mass is 79.9. The van der Waals surface area contributed by atoms with Crippen molar-refractivity contribution < 1.29 is 0 Å². The van der Waals surface area contributed by atoms with E-state index in [1.165, 1.54) is 11.8 Å². The summed E-state index contributed by atoms with van der Waals surface area (Å²) in [6.07, 6.45) is 3.37. The lowest BCUT2D eigenvalue weighted by atomic mass is 10.5. The van der Waals surface area contributed by atoms with Gasteiger partial charge in [-0.1, -0.05) is 11.6 Å². The monoisotopic (exact) mass is 378 g/mol. The molecule has 0 radical (unpaired) electrons. The van der Waals surface area contributed by atoms with Crippen LogP contribution in [0.2, 0.25) is 5.02 Å². The van der Waals surface area contributed by atoms with E-state index >= 15 is 0 Å². The van der Waals surface area contributed by atoms with Crippen LogP contribution in [-0.2, 0) is 0 Å². The van der Waals surface area contributed by atoms with Gasteiger partial charge in [-0.05, 0) is 61.8 Å². The second kappa shape index (κ2) is 5.49. The zero-order valence-corrected chi connectivity index (χ0v) is 12.6. The predicted octanol–water partition coefficient (Wildman–Crippen LogP) is 4.81. The van der Waals surface area contributed by atoms with Crippen LogP contribution in [0.15, 0.2) is 49.6 Å². The minimum atomic E-state index is 0.632. The number of nitrogens with zero attached hydrogens (tertiary/aromatic N) is 2. The highest BCUT2D eigenvalue weighted by Gasteiger charge is 2.05. The lowest BCUT2D eigenvalue weighted by Crippen LogP contribution is -1.84. The van der Waals surface area contributed by atoms with Crippen molar-refractivity contribution in [3.8, 4) is 0 Å². The average Bonchev–Trinajstić information content (AvgIpc) is 2.25. The molecule has 2 heterocycles. The van der Waals surface area contributed by atoms with Crippen molar-refractivity contribution in [2.75, 3.05) is 0 Å². The molecule has 0 saturated carbocycles. The molecule has 16 heavy (non-hydrogen) atoms. The van der Waals surface area contributed by atoms with Gasteiger partial charge in [0.25, 0.3) is 0 Å². The first-order valence-electron chi connectivity index (χ1n) is 4.25. The summed E-state index contributed by atoms with van der Waals surface area (Å²) in [7, 11) is 0. The number of pyridine rings is 2. The number of hydrogen-bond acceptors (Lipinski definition) is 3. The molecule has 0 saturated heterocycles. The van der Waals surface area contributed by atoms with Gasteiger partial charge in [0.15, 0.2) is 0 Å². The van der Waals surface area contributed by atoms with Crippen LogP contribution < -0.4 is 0 Å². The largest absolute Gasteiger partial charge is 0.248 e. The van der Waals surface area contributed by atoms with E-state index < -0.39 is 0 Å². The first-order valence-corrected chi connectivity index (χ1v) is 7.03. The molecule has 0 fully saturated rings. The summed E-state index contributed by atoms with van der Waals surface area (Å²) >= 11 is 14.1. The Morgan fingerprint density at radius 2 is 1.94 bits per heavy atom. The van der Waals surface area contributed by atoms with Gasteiger partial charge < -0.3 is 0 Å². The topological polar surface area (TPSA) is 25.8 Å². The lowest BCUT2D eigenvalue weighted by Gasteiger charge is -2.02. The molecule has 0 aromatic carbocycles. The highest BCUT2D eigenvalue weighted by molar-refractivity contribution is 9.11. The van der Waals surface area contributed by atoms with Crippen molar-refractivity contribution >= 4 is 55.2 Å². The number of hydrogen-bond donors (Lipinski definition) is 0. The maximum Gasteiger partial charge on any atom is 0.116 e. The Kier molecular flexibility index (Phi) is 4.24. The van der Waals surface area contributed by atoms with Gasteiger partial charge in [-0.15, -0.1) is 0 Å². The van der Waals surface area contributed by atoms with Gasteiger partial charge in [0.05, 0.1) is 9.50 Å². The molecule has 0 amide bonds. The van der Waals surface area contributed by atoms with Crippen molar-refractivity contribution in [3.63, 3.8) is 0 Å². The molecule has 0 unspecified atom stereocenters. The van der Waals surface area contributed by atoms with Gasteiger partial charge in [-0.2, -0.15) is 0 Å². The van der Waals surface area contributed by atoms with Crippen LogP contribution in [0, 0.1) is 0 Å². The molecular weight excluding hydrogens is 375 g/mol. The maximum absolute atomic E-state index is 5.76. The summed E-state index contributed by atoms with van der Waals surface area (Å²) in [6, 6.07) is 5.62. The Morgan fingerprint density at radius 3 is 2.56 bits per heavy atom. The molecule has 2 aromatic rings. The van der Waals surface area contributed by atoms with E-state index in [4.69, 9.17) is 11.6 Å². The van der Waals surface area contributed by atoms with E-state index in [1.54, 1.807) is 12.4 Å². The molecule has 2 rings (SSSR count). The summed E-state index contributed by atoms with van der Waals surface area (Å²) in [4.78, 5) is 8.49. The van der Waals surface area contributed by atoms with E-state index in [2.05, 4.69) is 41.8 Å². The van der Waals surface area contributed by atoms with E-state index in [-0.39, 0.29) is 0 Å². The summed E-state index contributed by atoms with van der Waals surface area (Å²) in [5.74, 6) is 0.